The van der Waals surface area contributed by atoms with E-state index in [2.05, 4.69) is 18.7 Å². The van der Waals surface area contributed by atoms with E-state index in [0.29, 0.717) is 12.6 Å². The van der Waals surface area contributed by atoms with Crippen LogP contribution in [0.3, 0.4) is 0 Å². The Kier molecular flexibility index (Phi) is 4.09. The molecule has 1 unspecified atom stereocenters. The molecule has 0 saturated heterocycles. The first-order valence-corrected chi connectivity index (χ1v) is 5.29. The third-order valence-corrected chi connectivity index (χ3v) is 2.91. The van der Waals surface area contributed by atoms with Crippen molar-refractivity contribution in [1.82, 2.24) is 4.90 Å². The highest BCUT2D eigenvalue weighted by Crippen LogP contribution is 2.18. The highest BCUT2D eigenvalue weighted by molar-refractivity contribution is 5.47. The summed E-state index contributed by atoms with van der Waals surface area (Å²) in [4.78, 5) is 2.17. The Bertz CT molecular complexity index is 325. The lowest BCUT2D eigenvalue weighted by Crippen LogP contribution is -2.28. The first-order chi connectivity index (χ1) is 7.06. The van der Waals surface area contributed by atoms with Crippen molar-refractivity contribution in [2.45, 2.75) is 32.9 Å². The van der Waals surface area contributed by atoms with Crippen LogP contribution < -0.4 is 5.73 Å². The molecule has 1 atom stereocenters. The molecular weight excluding hydrogens is 191 g/mol. The molecule has 1 rings (SSSR count). The molecule has 0 spiro atoms. The fraction of sp³-hybridized carbons (Fsp3) is 0.500. The molecule has 3 heteroatoms. The Hall–Kier alpha value is -1.09. The van der Waals surface area contributed by atoms with Gasteiger partial charge in [0.1, 0.15) is 5.82 Å². The van der Waals surface area contributed by atoms with E-state index in [1.54, 1.807) is 6.07 Å². The number of nitrogens with zero attached hydrogens (tertiary/aromatic N) is 1. The van der Waals surface area contributed by atoms with Gasteiger partial charge in [0.15, 0.2) is 0 Å². The lowest BCUT2D eigenvalue weighted by atomic mass is 10.1. The van der Waals surface area contributed by atoms with Gasteiger partial charge in [-0.15, -0.1) is 0 Å². The standard InChI is InChI=1S/C12H19FN2/c1-4-9(2)15(3)8-10-6-5-7-11(13)12(10)14/h5-7,9H,4,8,14H2,1-3H3. The van der Waals surface area contributed by atoms with Gasteiger partial charge >= 0.3 is 0 Å². The van der Waals surface area contributed by atoms with Gasteiger partial charge in [0.2, 0.25) is 0 Å². The van der Waals surface area contributed by atoms with Crippen LogP contribution >= 0.6 is 0 Å². The maximum atomic E-state index is 13.2. The molecule has 1 aromatic carbocycles. The summed E-state index contributed by atoms with van der Waals surface area (Å²) in [6.07, 6.45) is 1.08. The van der Waals surface area contributed by atoms with Crippen LogP contribution in [0.15, 0.2) is 18.2 Å². The monoisotopic (exact) mass is 210 g/mol. The van der Waals surface area contributed by atoms with Crippen molar-refractivity contribution in [2.75, 3.05) is 12.8 Å². The smallest absolute Gasteiger partial charge is 0.146 e. The first kappa shape index (κ1) is 12.0. The molecule has 0 aliphatic rings. The molecule has 0 bridgehead atoms. The van der Waals surface area contributed by atoms with Gasteiger partial charge in [-0.2, -0.15) is 0 Å². The Balaban J connectivity index is 2.76. The summed E-state index contributed by atoms with van der Waals surface area (Å²) in [6, 6.07) is 5.44. The quantitative estimate of drug-likeness (QED) is 0.774. The topological polar surface area (TPSA) is 29.3 Å². The van der Waals surface area contributed by atoms with Gasteiger partial charge in [0.25, 0.3) is 0 Å². The van der Waals surface area contributed by atoms with Gasteiger partial charge in [0.05, 0.1) is 5.69 Å². The summed E-state index contributed by atoms with van der Waals surface area (Å²) in [6.45, 7) is 4.98. The van der Waals surface area contributed by atoms with Crippen molar-refractivity contribution in [3.05, 3.63) is 29.6 Å². The second kappa shape index (κ2) is 5.12. The van der Waals surface area contributed by atoms with Crippen LogP contribution in [0.1, 0.15) is 25.8 Å². The fourth-order valence-corrected chi connectivity index (χ4v) is 1.46. The molecule has 84 valence electrons. The zero-order chi connectivity index (χ0) is 11.4. The van der Waals surface area contributed by atoms with Gasteiger partial charge in [0, 0.05) is 12.6 Å². The van der Waals surface area contributed by atoms with E-state index in [1.165, 1.54) is 6.07 Å². The third kappa shape index (κ3) is 2.93. The van der Waals surface area contributed by atoms with Crippen molar-refractivity contribution in [2.24, 2.45) is 0 Å². The normalized spacial score (nSPS) is 13.1. The molecule has 0 amide bonds. The largest absolute Gasteiger partial charge is 0.396 e. The predicted octanol–water partition coefficient (Wildman–Crippen LogP) is 2.64. The SMILES string of the molecule is CCC(C)N(C)Cc1cccc(F)c1N. The minimum absolute atomic E-state index is 0.271. The van der Waals surface area contributed by atoms with E-state index < -0.39 is 0 Å². The van der Waals surface area contributed by atoms with Crippen LogP contribution in [-0.4, -0.2) is 18.0 Å². The minimum atomic E-state index is -0.329. The maximum Gasteiger partial charge on any atom is 0.146 e. The summed E-state index contributed by atoms with van der Waals surface area (Å²) in [7, 11) is 2.03. The molecule has 15 heavy (non-hydrogen) atoms. The van der Waals surface area contributed by atoms with Crippen LogP contribution in [0.25, 0.3) is 0 Å². The number of benzene rings is 1. The number of hydrogen-bond acceptors (Lipinski definition) is 2. The predicted molar refractivity (Wildman–Crippen MR) is 62.0 cm³/mol. The molecular formula is C12H19FN2. The van der Waals surface area contributed by atoms with E-state index in [-0.39, 0.29) is 11.5 Å². The summed E-state index contributed by atoms with van der Waals surface area (Å²) in [5.41, 5.74) is 6.80. The maximum absolute atomic E-state index is 13.2. The van der Waals surface area contributed by atoms with Crippen LogP contribution in [0, 0.1) is 5.82 Å². The fourth-order valence-electron chi connectivity index (χ4n) is 1.46. The summed E-state index contributed by atoms with van der Waals surface area (Å²) in [5.74, 6) is -0.329. The van der Waals surface area contributed by atoms with Gasteiger partial charge in [-0.3, -0.25) is 4.90 Å². The number of hydrogen-bond donors (Lipinski definition) is 1. The van der Waals surface area contributed by atoms with Crippen LogP contribution in [0.4, 0.5) is 10.1 Å². The average Bonchev–Trinajstić information content (AvgIpc) is 2.23. The van der Waals surface area contributed by atoms with E-state index in [4.69, 9.17) is 5.73 Å². The van der Waals surface area contributed by atoms with E-state index >= 15 is 0 Å². The molecule has 0 fully saturated rings. The van der Waals surface area contributed by atoms with Crippen molar-refractivity contribution in [1.29, 1.82) is 0 Å². The second-order valence-electron chi connectivity index (χ2n) is 3.99. The summed E-state index contributed by atoms with van der Waals surface area (Å²) < 4.78 is 13.2. The number of nitrogen functional groups attached to an aromatic ring is 1. The van der Waals surface area contributed by atoms with Crippen molar-refractivity contribution < 1.29 is 4.39 Å². The number of rotatable bonds is 4. The average molecular weight is 210 g/mol. The molecule has 0 heterocycles. The number of halogens is 1. The van der Waals surface area contributed by atoms with Gasteiger partial charge in [-0.05, 0) is 32.0 Å². The van der Waals surface area contributed by atoms with E-state index in [9.17, 15) is 4.39 Å². The highest BCUT2D eigenvalue weighted by atomic mass is 19.1. The van der Waals surface area contributed by atoms with Crippen LogP contribution in [0.2, 0.25) is 0 Å². The summed E-state index contributed by atoms with van der Waals surface area (Å²) in [5, 5.41) is 0. The van der Waals surface area contributed by atoms with Crippen LogP contribution in [-0.2, 0) is 6.54 Å². The first-order valence-electron chi connectivity index (χ1n) is 5.29. The van der Waals surface area contributed by atoms with Crippen molar-refractivity contribution in [3.8, 4) is 0 Å². The molecule has 0 aliphatic heterocycles. The summed E-state index contributed by atoms with van der Waals surface area (Å²) >= 11 is 0. The van der Waals surface area contributed by atoms with Crippen molar-refractivity contribution in [3.63, 3.8) is 0 Å². The highest BCUT2D eigenvalue weighted by Gasteiger charge is 2.10. The second-order valence-corrected chi connectivity index (χ2v) is 3.99. The zero-order valence-electron chi connectivity index (χ0n) is 9.63. The lowest BCUT2D eigenvalue weighted by molar-refractivity contribution is 0.244. The van der Waals surface area contributed by atoms with E-state index in [0.717, 1.165) is 12.0 Å². The van der Waals surface area contributed by atoms with Crippen LogP contribution in [0.5, 0.6) is 0 Å². The minimum Gasteiger partial charge on any atom is -0.396 e. The Morgan fingerprint density at radius 1 is 1.47 bits per heavy atom. The Labute approximate surface area is 90.9 Å². The molecule has 2 N–H and O–H groups in total. The number of nitrogens with two attached hydrogens (primary N) is 1. The van der Waals surface area contributed by atoms with Gasteiger partial charge in [-0.1, -0.05) is 19.1 Å². The molecule has 0 aliphatic carbocycles. The zero-order valence-corrected chi connectivity index (χ0v) is 9.63. The molecule has 0 saturated carbocycles. The Morgan fingerprint density at radius 2 is 2.13 bits per heavy atom. The third-order valence-electron chi connectivity index (χ3n) is 2.91. The Morgan fingerprint density at radius 3 is 2.73 bits per heavy atom. The molecule has 0 radical (unpaired) electrons. The number of para-hydroxylation sites is 1. The molecule has 2 nitrogen and oxygen atoms in total. The van der Waals surface area contributed by atoms with Crippen molar-refractivity contribution >= 4 is 5.69 Å². The van der Waals surface area contributed by atoms with E-state index in [1.807, 2.05) is 13.1 Å². The lowest BCUT2D eigenvalue weighted by Gasteiger charge is -2.24. The molecule has 0 aromatic heterocycles. The number of anilines is 1. The van der Waals surface area contributed by atoms with Gasteiger partial charge in [-0.25, -0.2) is 4.39 Å². The molecule has 1 aromatic rings. The van der Waals surface area contributed by atoms with Gasteiger partial charge < -0.3 is 5.73 Å².